The lowest BCUT2D eigenvalue weighted by molar-refractivity contribution is 1.46. The van der Waals surface area contributed by atoms with E-state index in [0.29, 0.717) is 5.02 Å². The number of halogens is 2. The molecule has 62 valence electrons. The molecule has 2 aromatic rings. The standard InChI is InChI=1S/C9H7Cl2N/c1-5-7(10)4-8-6(9(5)11)2-3-12-8/h2-4,12H,1H3. The van der Waals surface area contributed by atoms with Crippen molar-refractivity contribution in [2.45, 2.75) is 6.92 Å². The monoisotopic (exact) mass is 199 g/mol. The van der Waals surface area contributed by atoms with Crippen molar-refractivity contribution in [2.75, 3.05) is 0 Å². The molecule has 0 saturated heterocycles. The Morgan fingerprint density at radius 3 is 2.83 bits per heavy atom. The van der Waals surface area contributed by atoms with Gasteiger partial charge in [-0.2, -0.15) is 0 Å². The van der Waals surface area contributed by atoms with Crippen LogP contribution < -0.4 is 0 Å². The van der Waals surface area contributed by atoms with Crippen molar-refractivity contribution < 1.29 is 0 Å². The van der Waals surface area contributed by atoms with Crippen LogP contribution >= 0.6 is 23.2 Å². The second-order valence-corrected chi connectivity index (χ2v) is 3.52. The van der Waals surface area contributed by atoms with Gasteiger partial charge in [-0.25, -0.2) is 0 Å². The molecule has 1 aromatic heterocycles. The molecule has 1 nitrogen and oxygen atoms in total. The fourth-order valence-corrected chi connectivity index (χ4v) is 1.75. The van der Waals surface area contributed by atoms with Crippen LogP contribution in [0.3, 0.4) is 0 Å². The second kappa shape index (κ2) is 2.68. The third kappa shape index (κ3) is 1.01. The molecule has 0 radical (unpaired) electrons. The summed E-state index contributed by atoms with van der Waals surface area (Å²) >= 11 is 12.0. The molecular formula is C9H7Cl2N. The van der Waals surface area contributed by atoms with Gasteiger partial charge in [0.15, 0.2) is 0 Å². The van der Waals surface area contributed by atoms with Crippen molar-refractivity contribution in [2.24, 2.45) is 0 Å². The summed E-state index contributed by atoms with van der Waals surface area (Å²) in [6.45, 7) is 1.91. The van der Waals surface area contributed by atoms with Gasteiger partial charge in [0.25, 0.3) is 0 Å². The third-order valence-corrected chi connectivity index (χ3v) is 2.85. The highest BCUT2D eigenvalue weighted by atomic mass is 35.5. The number of aromatic nitrogens is 1. The zero-order valence-electron chi connectivity index (χ0n) is 6.49. The van der Waals surface area contributed by atoms with Crippen LogP contribution in [0.5, 0.6) is 0 Å². The van der Waals surface area contributed by atoms with Crippen molar-refractivity contribution in [1.29, 1.82) is 0 Å². The van der Waals surface area contributed by atoms with Gasteiger partial charge in [0.2, 0.25) is 0 Å². The number of aromatic amines is 1. The van der Waals surface area contributed by atoms with Crippen molar-refractivity contribution >= 4 is 34.1 Å². The fourth-order valence-electron chi connectivity index (χ4n) is 1.23. The lowest BCUT2D eigenvalue weighted by atomic mass is 10.2. The predicted molar refractivity (Wildman–Crippen MR) is 53.1 cm³/mol. The van der Waals surface area contributed by atoms with Gasteiger partial charge in [-0.15, -0.1) is 0 Å². The van der Waals surface area contributed by atoms with E-state index in [2.05, 4.69) is 4.98 Å². The number of rotatable bonds is 0. The molecule has 3 heteroatoms. The van der Waals surface area contributed by atoms with Crippen LogP contribution in [-0.2, 0) is 0 Å². The van der Waals surface area contributed by atoms with E-state index in [1.807, 2.05) is 25.3 Å². The first-order valence-corrected chi connectivity index (χ1v) is 4.37. The van der Waals surface area contributed by atoms with Crippen LogP contribution in [0.25, 0.3) is 10.9 Å². The second-order valence-electron chi connectivity index (χ2n) is 2.74. The molecule has 0 aliphatic carbocycles. The minimum atomic E-state index is 0.704. The first-order valence-electron chi connectivity index (χ1n) is 3.62. The maximum atomic E-state index is 6.07. The Kier molecular flexibility index (Phi) is 1.78. The zero-order valence-corrected chi connectivity index (χ0v) is 8.00. The molecular weight excluding hydrogens is 193 g/mol. The number of benzene rings is 1. The average molecular weight is 200 g/mol. The highest BCUT2D eigenvalue weighted by Crippen LogP contribution is 2.31. The number of hydrogen-bond donors (Lipinski definition) is 1. The molecule has 0 unspecified atom stereocenters. The molecule has 0 atom stereocenters. The minimum Gasteiger partial charge on any atom is -0.361 e. The maximum Gasteiger partial charge on any atom is 0.0543 e. The zero-order chi connectivity index (χ0) is 8.72. The lowest BCUT2D eigenvalue weighted by Gasteiger charge is -2.01. The summed E-state index contributed by atoms with van der Waals surface area (Å²) in [5, 5.41) is 2.47. The number of fused-ring (bicyclic) bond motifs is 1. The van der Waals surface area contributed by atoms with Crippen LogP contribution in [0.2, 0.25) is 10.0 Å². The molecule has 12 heavy (non-hydrogen) atoms. The maximum absolute atomic E-state index is 6.07. The van der Waals surface area contributed by atoms with E-state index < -0.39 is 0 Å². The van der Waals surface area contributed by atoms with Gasteiger partial charge >= 0.3 is 0 Å². The molecule has 0 saturated carbocycles. The summed E-state index contributed by atoms with van der Waals surface area (Å²) in [4.78, 5) is 3.06. The van der Waals surface area contributed by atoms with Crippen molar-refractivity contribution in [3.8, 4) is 0 Å². The molecule has 0 amide bonds. The molecule has 0 aliphatic heterocycles. The van der Waals surface area contributed by atoms with Crippen LogP contribution in [0, 0.1) is 6.92 Å². The summed E-state index contributed by atoms with van der Waals surface area (Å²) in [6.07, 6.45) is 1.85. The van der Waals surface area contributed by atoms with Crippen molar-refractivity contribution in [3.63, 3.8) is 0 Å². The molecule has 0 aliphatic rings. The van der Waals surface area contributed by atoms with Crippen molar-refractivity contribution in [1.82, 2.24) is 4.98 Å². The molecule has 0 fully saturated rings. The summed E-state index contributed by atoms with van der Waals surface area (Å²) in [5.41, 5.74) is 1.92. The third-order valence-electron chi connectivity index (χ3n) is 1.97. The topological polar surface area (TPSA) is 15.8 Å². The van der Waals surface area contributed by atoms with Gasteiger partial charge in [0.05, 0.1) is 5.02 Å². The van der Waals surface area contributed by atoms with Gasteiger partial charge < -0.3 is 4.98 Å². The molecule has 0 bridgehead atoms. The van der Waals surface area contributed by atoms with E-state index in [1.165, 1.54) is 0 Å². The van der Waals surface area contributed by atoms with E-state index in [-0.39, 0.29) is 0 Å². The van der Waals surface area contributed by atoms with Gasteiger partial charge in [-0.3, -0.25) is 0 Å². The Labute approximate surface area is 80.3 Å². The average Bonchev–Trinajstić information content (AvgIpc) is 2.48. The SMILES string of the molecule is Cc1c(Cl)cc2[nH]ccc2c1Cl. The Morgan fingerprint density at radius 1 is 1.33 bits per heavy atom. The van der Waals surface area contributed by atoms with E-state index in [4.69, 9.17) is 23.2 Å². The molecule has 2 rings (SSSR count). The predicted octanol–water partition coefficient (Wildman–Crippen LogP) is 3.78. The first-order chi connectivity index (χ1) is 5.70. The first kappa shape index (κ1) is 7.96. The Morgan fingerprint density at radius 2 is 2.08 bits per heavy atom. The molecule has 1 aromatic carbocycles. The largest absolute Gasteiger partial charge is 0.361 e. The van der Waals surface area contributed by atoms with Crippen LogP contribution in [-0.4, -0.2) is 4.98 Å². The summed E-state index contributed by atoms with van der Waals surface area (Å²) in [5.74, 6) is 0. The molecule has 1 N–H and O–H groups in total. The van der Waals surface area contributed by atoms with Gasteiger partial charge in [-0.05, 0) is 24.6 Å². The van der Waals surface area contributed by atoms with Gasteiger partial charge in [-0.1, -0.05) is 23.2 Å². The molecule has 0 spiro atoms. The van der Waals surface area contributed by atoms with E-state index in [1.54, 1.807) is 0 Å². The molecule has 1 heterocycles. The summed E-state index contributed by atoms with van der Waals surface area (Å²) < 4.78 is 0. The Hall–Kier alpha value is -0.660. The minimum absolute atomic E-state index is 0.704. The number of nitrogens with one attached hydrogen (secondary N) is 1. The summed E-state index contributed by atoms with van der Waals surface area (Å²) in [6, 6.07) is 3.83. The van der Waals surface area contributed by atoms with Gasteiger partial charge in [0.1, 0.15) is 0 Å². The van der Waals surface area contributed by atoms with E-state index in [0.717, 1.165) is 21.5 Å². The number of hydrogen-bond acceptors (Lipinski definition) is 0. The van der Waals surface area contributed by atoms with Crippen LogP contribution in [0.1, 0.15) is 5.56 Å². The van der Waals surface area contributed by atoms with E-state index in [9.17, 15) is 0 Å². The summed E-state index contributed by atoms with van der Waals surface area (Å²) in [7, 11) is 0. The normalized spacial score (nSPS) is 10.9. The van der Waals surface area contributed by atoms with Gasteiger partial charge in [0, 0.05) is 22.1 Å². The number of H-pyrrole nitrogens is 1. The van der Waals surface area contributed by atoms with Crippen molar-refractivity contribution in [3.05, 3.63) is 33.9 Å². The van der Waals surface area contributed by atoms with Crippen LogP contribution in [0.4, 0.5) is 0 Å². The highest BCUT2D eigenvalue weighted by Gasteiger charge is 2.06. The quantitative estimate of drug-likeness (QED) is 0.665. The van der Waals surface area contributed by atoms with E-state index >= 15 is 0 Å². The van der Waals surface area contributed by atoms with Crippen LogP contribution in [0.15, 0.2) is 18.3 Å². The Bertz CT molecular complexity index is 431. The lowest BCUT2D eigenvalue weighted by Crippen LogP contribution is -1.78. The smallest absolute Gasteiger partial charge is 0.0543 e. The Balaban J connectivity index is 2.94. The fraction of sp³-hybridized carbons (Fsp3) is 0.111. The highest BCUT2D eigenvalue weighted by molar-refractivity contribution is 6.39.